The molecule has 1 saturated carbocycles. The van der Waals surface area contributed by atoms with Gasteiger partial charge >= 0.3 is 13.9 Å². The number of nitrogens with one attached hydrogen (secondary N) is 1. The monoisotopic (exact) mass is 974 g/mol. The lowest BCUT2D eigenvalue weighted by atomic mass is 9.78. The van der Waals surface area contributed by atoms with Crippen molar-refractivity contribution in [2.75, 3.05) is 34.5 Å². The number of hydrogen-bond donors (Lipinski definition) is 3. The van der Waals surface area contributed by atoms with Crippen LogP contribution in [0.25, 0.3) is 0 Å². The zero-order chi connectivity index (χ0) is 50.5. The Kier molecular flexibility index (Phi) is 22.6. The highest BCUT2D eigenvalue weighted by Crippen LogP contribution is 2.38. The highest BCUT2D eigenvalue weighted by molar-refractivity contribution is 7.41. The number of fused-ring (bicyclic) bond motifs is 3. The van der Waals surface area contributed by atoms with E-state index in [-0.39, 0.29) is 60.9 Å². The number of ether oxygens (including phenoxy) is 5. The second-order valence-corrected chi connectivity index (χ2v) is 21.5. The normalized spacial score (nSPS) is 39.4. The quantitative estimate of drug-likeness (QED) is 0.0957. The maximum absolute atomic E-state index is 14.5. The first kappa shape index (κ1) is 57.3. The molecule has 15 nitrogen and oxygen atoms in total. The molecule has 4 rings (SSSR count). The number of nitrogens with zero attached hydrogens (tertiary/aromatic N) is 1. The number of cyclic esters (lactones) is 1. The van der Waals surface area contributed by atoms with E-state index in [1.807, 2.05) is 58.1 Å². The van der Waals surface area contributed by atoms with Crippen LogP contribution >= 0.6 is 7.95 Å². The van der Waals surface area contributed by atoms with Crippen molar-refractivity contribution in [1.82, 2.24) is 9.99 Å². The van der Waals surface area contributed by atoms with Crippen LogP contribution in [0.3, 0.4) is 0 Å². The molecule has 3 unspecified atom stereocenters. The number of aliphatic hydroxyl groups excluding tert-OH is 1. The van der Waals surface area contributed by atoms with Crippen molar-refractivity contribution in [3.05, 3.63) is 47.6 Å². The minimum absolute atomic E-state index is 0.0153. The molecule has 3 heterocycles. The minimum Gasteiger partial charge on any atom is -0.460 e. The van der Waals surface area contributed by atoms with Crippen LogP contribution in [0.5, 0.6) is 0 Å². The number of Topliss-reactive ketones (excluding diaryl/α,β-unsaturated/α-hetero) is 3. The summed E-state index contributed by atoms with van der Waals surface area (Å²) in [7, 11) is 3.00. The van der Waals surface area contributed by atoms with E-state index in [4.69, 9.17) is 23.7 Å². The fraction of sp³-hybridized carbons (Fsp3) is 0.750. The Bertz CT molecular complexity index is 1880. The summed E-state index contributed by atoms with van der Waals surface area (Å²) in [6.45, 7) is 14.4. The van der Waals surface area contributed by atoms with E-state index in [2.05, 4.69) is 5.09 Å². The maximum atomic E-state index is 14.5. The summed E-state index contributed by atoms with van der Waals surface area (Å²) in [5, 5.41) is 26.6. The summed E-state index contributed by atoms with van der Waals surface area (Å²) in [6.07, 6.45) is 12.2. The molecular weight excluding hydrogens is 892 g/mol. The van der Waals surface area contributed by atoms with Gasteiger partial charge in [-0.25, -0.2) is 4.79 Å². The molecule has 1 aliphatic carbocycles. The molecule has 3 fully saturated rings. The van der Waals surface area contributed by atoms with E-state index >= 15 is 0 Å². The standard InChI is InChI=1S/C52H82N2O13P/c1-31-17-13-12-14-18-32(2)43(63-8)29-39-22-20-37(7)52(61,67-39)49(58)50(59)54-24-16-15-19-41(54)51(60)66-44(34(4)27-38-21-23-40(53-68(11)62)45(28-38)64-9)30-42(55)33(3)26-36(6)47(57)48(65-10)46(56)35(5)25-31/h12-14,17-18,26,31,33-35,37-41,43-45,47-48,57,61H,15-16,19-25,27-30H2,1-11H3,(H,53,62)/q+1/b14-12+,17-13+,32-18+,36-26+/t31-,33-,34-,35-,37-,38+,39+,40?,41+,43+,44?,45-,47-,48+,52-/m1/s1. The Morgan fingerprint density at radius 3 is 2.28 bits per heavy atom. The average molecular weight is 974 g/mol. The number of carbonyl (C=O) groups excluding carboxylic acids is 5. The molecule has 382 valence electrons. The van der Waals surface area contributed by atoms with Crippen LogP contribution in [0.4, 0.5) is 0 Å². The summed E-state index contributed by atoms with van der Waals surface area (Å²) in [4.78, 5) is 72.1. The van der Waals surface area contributed by atoms with Crippen molar-refractivity contribution in [1.29, 1.82) is 0 Å². The molecule has 3 N–H and O–H groups in total. The van der Waals surface area contributed by atoms with Gasteiger partial charge in [-0.3, -0.25) is 19.2 Å². The number of piperidine rings is 1. The molecule has 0 aromatic rings. The molecule has 4 aliphatic rings. The SMILES string of the molecule is CO[C@H]1C[C@@H]2CC[C@@H](C)[C@@](O)(O2)C(=O)C(=O)N2CCCC[C@H]2C(=O)OC([C@H](C)C[C@@H]2CCC(N[P+](C)=O)[C@H](OC)C2)CC(=O)[C@H](C)/C=C(\C)[C@@H](O)[C@@H](OC)C(=O)[C@H](C)C[C@H](C)/C=C/C=C/C=C/1C. The molecule has 1 amide bonds. The smallest absolute Gasteiger partial charge is 0.429 e. The zero-order valence-corrected chi connectivity index (χ0v) is 43.4. The number of methoxy groups -OCH3 is 3. The summed E-state index contributed by atoms with van der Waals surface area (Å²) in [5.74, 6) is -7.97. The highest BCUT2D eigenvalue weighted by Gasteiger charge is 2.53. The molecule has 68 heavy (non-hydrogen) atoms. The van der Waals surface area contributed by atoms with Crippen LogP contribution in [0, 0.1) is 35.5 Å². The molecule has 3 aliphatic heterocycles. The van der Waals surface area contributed by atoms with E-state index in [0.29, 0.717) is 56.9 Å². The number of aliphatic hydroxyl groups is 2. The molecule has 0 aromatic carbocycles. The first-order chi connectivity index (χ1) is 32.1. The van der Waals surface area contributed by atoms with E-state index in [0.717, 1.165) is 18.4 Å². The van der Waals surface area contributed by atoms with Gasteiger partial charge in [-0.2, -0.15) is 0 Å². The molecule has 16 atom stereocenters. The number of rotatable bonds is 8. The van der Waals surface area contributed by atoms with E-state index < -0.39 is 85.7 Å². The van der Waals surface area contributed by atoms with Crippen LogP contribution in [0.15, 0.2) is 47.6 Å². The van der Waals surface area contributed by atoms with Gasteiger partial charge in [0.15, 0.2) is 12.4 Å². The lowest BCUT2D eigenvalue weighted by Crippen LogP contribution is -2.61. The van der Waals surface area contributed by atoms with Crippen molar-refractivity contribution in [3.8, 4) is 0 Å². The largest absolute Gasteiger partial charge is 0.460 e. The van der Waals surface area contributed by atoms with E-state index in [1.54, 1.807) is 47.7 Å². The number of hydrogen-bond acceptors (Lipinski definition) is 13. The van der Waals surface area contributed by atoms with Gasteiger partial charge in [-0.05, 0) is 107 Å². The van der Waals surface area contributed by atoms with Gasteiger partial charge in [-0.1, -0.05) is 75.6 Å². The summed E-state index contributed by atoms with van der Waals surface area (Å²) >= 11 is 0. The Balaban J connectivity index is 1.70. The average Bonchev–Trinajstić information content (AvgIpc) is 3.30. The lowest BCUT2D eigenvalue weighted by Gasteiger charge is -2.42. The highest BCUT2D eigenvalue weighted by atomic mass is 31.1. The first-order valence-electron chi connectivity index (χ1n) is 24.8. The van der Waals surface area contributed by atoms with Gasteiger partial charge in [0.2, 0.25) is 5.79 Å². The summed E-state index contributed by atoms with van der Waals surface area (Å²) < 4.78 is 41.8. The van der Waals surface area contributed by atoms with Crippen LogP contribution < -0.4 is 5.09 Å². The first-order valence-corrected chi connectivity index (χ1v) is 26.5. The van der Waals surface area contributed by atoms with Gasteiger partial charge < -0.3 is 38.8 Å². The van der Waals surface area contributed by atoms with Crippen molar-refractivity contribution in [3.63, 3.8) is 0 Å². The van der Waals surface area contributed by atoms with Gasteiger partial charge in [0, 0.05) is 58.5 Å². The minimum atomic E-state index is -2.43. The fourth-order valence-electron chi connectivity index (χ4n) is 10.5. The molecule has 0 radical (unpaired) electrons. The number of ketones is 3. The van der Waals surface area contributed by atoms with Crippen LogP contribution in [-0.4, -0.2) is 133 Å². The van der Waals surface area contributed by atoms with Crippen molar-refractivity contribution < 1.29 is 62.4 Å². The van der Waals surface area contributed by atoms with Gasteiger partial charge in [0.25, 0.3) is 11.7 Å². The Morgan fingerprint density at radius 2 is 1.62 bits per heavy atom. The van der Waals surface area contributed by atoms with E-state index in [9.17, 15) is 38.8 Å². The predicted molar refractivity (Wildman–Crippen MR) is 260 cm³/mol. The lowest BCUT2D eigenvalue weighted by molar-refractivity contribution is -0.265. The third-order valence-electron chi connectivity index (χ3n) is 14.9. The molecule has 16 heteroatoms. The topological polar surface area (TPSA) is 204 Å². The number of carbonyl (C=O) groups is 5. The Hall–Kier alpha value is -3.27. The number of allylic oxidation sites excluding steroid dienone is 6. The van der Waals surface area contributed by atoms with Crippen LogP contribution in [0.1, 0.15) is 126 Å². The number of amides is 1. The zero-order valence-electron chi connectivity index (χ0n) is 42.5. The third kappa shape index (κ3) is 15.4. The van der Waals surface area contributed by atoms with Gasteiger partial charge in [0.1, 0.15) is 30.1 Å². The third-order valence-corrected chi connectivity index (χ3v) is 15.6. The predicted octanol–water partition coefficient (Wildman–Crippen LogP) is 7.15. The molecule has 2 saturated heterocycles. The second-order valence-electron chi connectivity index (χ2n) is 20.3. The molecule has 2 bridgehead atoms. The second kappa shape index (κ2) is 26.8. The maximum Gasteiger partial charge on any atom is 0.429 e. The fourth-order valence-corrected chi connectivity index (χ4v) is 11.3. The summed E-state index contributed by atoms with van der Waals surface area (Å²) in [6, 6.07) is -1.22. The summed E-state index contributed by atoms with van der Waals surface area (Å²) in [5.41, 5.74) is 1.26. The van der Waals surface area contributed by atoms with Crippen molar-refractivity contribution in [2.45, 2.75) is 180 Å². The molecule has 0 aromatic heterocycles. The Morgan fingerprint density at radius 1 is 0.897 bits per heavy atom. The molecule has 0 spiro atoms. The van der Waals surface area contributed by atoms with E-state index in [1.165, 1.54) is 12.0 Å². The number of esters is 1. The van der Waals surface area contributed by atoms with Crippen molar-refractivity contribution in [2.24, 2.45) is 35.5 Å². The van der Waals surface area contributed by atoms with Crippen LogP contribution in [0.2, 0.25) is 0 Å². The molecular formula is C52H82N2O13P+. The Labute approximate surface area is 406 Å². The van der Waals surface area contributed by atoms with Gasteiger partial charge in [-0.15, -0.1) is 5.09 Å². The van der Waals surface area contributed by atoms with Crippen LogP contribution in [-0.2, 0) is 52.2 Å². The van der Waals surface area contributed by atoms with Crippen molar-refractivity contribution >= 4 is 37.2 Å². The van der Waals surface area contributed by atoms with Gasteiger partial charge in [0.05, 0.1) is 24.4 Å².